The van der Waals surface area contributed by atoms with Gasteiger partial charge in [0.15, 0.2) is 8.32 Å². The summed E-state index contributed by atoms with van der Waals surface area (Å²) in [5.74, 6) is 0. The van der Waals surface area contributed by atoms with E-state index < -0.39 is 13.7 Å². The van der Waals surface area contributed by atoms with Crippen molar-refractivity contribution >= 4 is 20.7 Å². The summed E-state index contributed by atoms with van der Waals surface area (Å²) in [6.45, 7) is 15.5. The van der Waals surface area contributed by atoms with Crippen LogP contribution in [0.15, 0.2) is 30.3 Å². The molecule has 0 aliphatic carbocycles. The minimum absolute atomic E-state index is 0.0746. The molecule has 0 unspecified atom stereocenters. The fraction of sp³-hybridized carbons (Fsp3) is 0.636. The molecule has 2 rings (SSSR count). The van der Waals surface area contributed by atoms with Crippen LogP contribution in [0, 0.1) is 5.41 Å². The maximum Gasteiger partial charge on any atom is 0.410 e. The zero-order valence-electron chi connectivity index (χ0n) is 18.3. The fourth-order valence-corrected chi connectivity index (χ4v) is 4.62. The van der Waals surface area contributed by atoms with Crippen molar-refractivity contribution in [1.82, 2.24) is 4.90 Å². The number of hydrogen-bond donors (Lipinski definition) is 0. The second kappa shape index (κ2) is 8.37. The highest BCUT2D eigenvalue weighted by molar-refractivity contribution is 6.74. The van der Waals surface area contributed by atoms with Crippen molar-refractivity contribution in [3.63, 3.8) is 0 Å². The van der Waals surface area contributed by atoms with Crippen LogP contribution in [0.5, 0.6) is 0 Å². The van der Waals surface area contributed by atoms with E-state index in [0.717, 1.165) is 11.8 Å². The molecule has 0 saturated carbocycles. The predicted molar refractivity (Wildman–Crippen MR) is 114 cm³/mol. The number of nitrogens with zero attached hydrogens (tertiary/aromatic N) is 1. The summed E-state index contributed by atoms with van der Waals surface area (Å²) in [7, 11) is -1.97. The normalized spacial score (nSPS) is 20.9. The maximum absolute atomic E-state index is 12.8. The van der Waals surface area contributed by atoms with Gasteiger partial charge in [0.1, 0.15) is 12.9 Å². The first kappa shape index (κ1) is 22.6. The molecular formula is C22H35NO4Si. The van der Waals surface area contributed by atoms with Crippen LogP contribution in [0.3, 0.4) is 0 Å². The molecule has 1 amide bonds. The number of benzene rings is 1. The van der Waals surface area contributed by atoms with Crippen LogP contribution in [0.1, 0.15) is 46.6 Å². The highest BCUT2D eigenvalue weighted by atomic mass is 28.4. The van der Waals surface area contributed by atoms with E-state index in [1.165, 1.54) is 0 Å². The van der Waals surface area contributed by atoms with Gasteiger partial charge in [-0.3, -0.25) is 0 Å². The van der Waals surface area contributed by atoms with Gasteiger partial charge in [0.25, 0.3) is 0 Å². The lowest BCUT2D eigenvalue weighted by Crippen LogP contribution is -2.45. The summed E-state index contributed by atoms with van der Waals surface area (Å²) >= 11 is 0. The van der Waals surface area contributed by atoms with Crippen LogP contribution in [-0.2, 0) is 20.6 Å². The number of amides is 1. The van der Waals surface area contributed by atoms with E-state index in [2.05, 4.69) is 33.9 Å². The van der Waals surface area contributed by atoms with E-state index in [1.54, 1.807) is 4.90 Å². The molecule has 0 spiro atoms. The van der Waals surface area contributed by atoms with Gasteiger partial charge in [-0.15, -0.1) is 0 Å². The van der Waals surface area contributed by atoms with Crippen molar-refractivity contribution in [3.05, 3.63) is 35.9 Å². The summed E-state index contributed by atoms with van der Waals surface area (Å²) in [4.78, 5) is 26.2. The molecule has 6 heteroatoms. The smallest absolute Gasteiger partial charge is 0.410 e. The largest absolute Gasteiger partial charge is 0.445 e. The molecular weight excluding hydrogens is 370 g/mol. The van der Waals surface area contributed by atoms with Crippen molar-refractivity contribution in [2.45, 2.75) is 77.9 Å². The number of carbonyl (C=O) groups excluding carboxylic acids is 2. The van der Waals surface area contributed by atoms with Crippen molar-refractivity contribution in [2.24, 2.45) is 5.41 Å². The first-order valence-corrected chi connectivity index (χ1v) is 12.9. The Kier molecular flexibility index (Phi) is 6.76. The molecule has 1 aliphatic rings. The molecule has 0 radical (unpaired) electrons. The molecule has 1 fully saturated rings. The van der Waals surface area contributed by atoms with Gasteiger partial charge in [0.05, 0.1) is 6.10 Å². The third-order valence-corrected chi connectivity index (χ3v) is 10.7. The van der Waals surface area contributed by atoms with E-state index in [1.807, 2.05) is 44.2 Å². The molecule has 0 bridgehead atoms. The average molecular weight is 406 g/mol. The zero-order valence-corrected chi connectivity index (χ0v) is 19.3. The van der Waals surface area contributed by atoms with Crippen molar-refractivity contribution in [3.8, 4) is 0 Å². The third-order valence-electron chi connectivity index (χ3n) is 6.13. The van der Waals surface area contributed by atoms with Crippen LogP contribution in [-0.4, -0.2) is 44.3 Å². The maximum atomic E-state index is 12.8. The Balaban J connectivity index is 2.13. The van der Waals surface area contributed by atoms with E-state index in [-0.39, 0.29) is 29.9 Å². The van der Waals surface area contributed by atoms with Gasteiger partial charge in [-0.2, -0.15) is 0 Å². The van der Waals surface area contributed by atoms with Gasteiger partial charge >= 0.3 is 6.09 Å². The Morgan fingerprint density at radius 1 is 1.18 bits per heavy atom. The van der Waals surface area contributed by atoms with Gasteiger partial charge in [0.2, 0.25) is 0 Å². The SMILES string of the molecule is CC(C)(C=O)[C@@H]1C[C@@H](O[Si](C)(C)C(C)(C)C)CN1C(=O)OCc1ccccc1. The molecule has 0 N–H and O–H groups in total. The predicted octanol–water partition coefficient (Wildman–Crippen LogP) is 5.01. The summed E-state index contributed by atoms with van der Waals surface area (Å²) in [6, 6.07) is 9.38. The molecule has 156 valence electrons. The van der Waals surface area contributed by atoms with Crippen LogP contribution in [0.2, 0.25) is 18.1 Å². The minimum Gasteiger partial charge on any atom is -0.445 e. The van der Waals surface area contributed by atoms with Gasteiger partial charge in [-0.25, -0.2) is 4.79 Å². The Morgan fingerprint density at radius 3 is 2.32 bits per heavy atom. The Hall–Kier alpha value is -1.66. The lowest BCUT2D eigenvalue weighted by Gasteiger charge is -2.38. The lowest BCUT2D eigenvalue weighted by molar-refractivity contribution is -0.117. The molecule has 1 heterocycles. The van der Waals surface area contributed by atoms with Crippen molar-refractivity contribution in [1.29, 1.82) is 0 Å². The average Bonchev–Trinajstić information content (AvgIpc) is 3.03. The van der Waals surface area contributed by atoms with Gasteiger partial charge in [-0.05, 0) is 30.1 Å². The molecule has 1 aromatic rings. The Morgan fingerprint density at radius 2 is 1.79 bits per heavy atom. The number of rotatable bonds is 6. The minimum atomic E-state index is -1.97. The Bertz CT molecular complexity index is 682. The standard InChI is InChI=1S/C22H35NO4Si/c1-21(2,3)28(6,7)27-18-13-19(22(4,5)16-24)23(14-18)20(25)26-15-17-11-9-8-10-12-17/h8-12,16,18-19H,13-15H2,1-7H3/t18-,19+/m1/s1. The van der Waals surface area contributed by atoms with E-state index in [9.17, 15) is 9.59 Å². The first-order chi connectivity index (χ1) is 12.9. The summed E-state index contributed by atoms with van der Waals surface area (Å²) in [6.07, 6.45) is 1.13. The van der Waals surface area contributed by atoms with Crippen LogP contribution in [0.4, 0.5) is 4.79 Å². The molecule has 1 saturated heterocycles. The van der Waals surface area contributed by atoms with E-state index in [4.69, 9.17) is 9.16 Å². The molecule has 1 aliphatic heterocycles. The van der Waals surface area contributed by atoms with Crippen LogP contribution >= 0.6 is 0 Å². The first-order valence-electron chi connectivity index (χ1n) is 9.99. The lowest BCUT2D eigenvalue weighted by atomic mass is 9.84. The summed E-state index contributed by atoms with van der Waals surface area (Å²) < 4.78 is 12.1. The van der Waals surface area contributed by atoms with Crippen LogP contribution < -0.4 is 0 Å². The summed E-state index contributed by atoms with van der Waals surface area (Å²) in [5.41, 5.74) is 0.285. The number of ether oxygens (including phenoxy) is 1. The second-order valence-electron chi connectivity index (χ2n) is 9.88. The topological polar surface area (TPSA) is 55.8 Å². The molecule has 5 nitrogen and oxygen atoms in total. The highest BCUT2D eigenvalue weighted by Crippen LogP contribution is 2.40. The molecule has 1 aromatic carbocycles. The van der Waals surface area contributed by atoms with Crippen molar-refractivity contribution in [2.75, 3.05) is 6.54 Å². The molecule has 0 aromatic heterocycles. The monoisotopic (exact) mass is 405 g/mol. The Labute approximate surface area is 170 Å². The van der Waals surface area contributed by atoms with Crippen LogP contribution in [0.25, 0.3) is 0 Å². The van der Waals surface area contributed by atoms with Gasteiger partial charge in [-0.1, -0.05) is 65.0 Å². The van der Waals surface area contributed by atoms with Crippen molar-refractivity contribution < 1.29 is 18.8 Å². The molecule has 28 heavy (non-hydrogen) atoms. The number of carbonyl (C=O) groups is 2. The highest BCUT2D eigenvalue weighted by Gasteiger charge is 2.48. The molecule has 2 atom stereocenters. The quantitative estimate of drug-likeness (QED) is 0.493. The third kappa shape index (κ3) is 5.23. The zero-order chi connectivity index (χ0) is 21.2. The second-order valence-corrected chi connectivity index (χ2v) is 14.6. The van der Waals surface area contributed by atoms with Gasteiger partial charge in [0, 0.05) is 18.0 Å². The summed E-state index contributed by atoms with van der Waals surface area (Å²) in [5, 5.41) is 0.0872. The van der Waals surface area contributed by atoms with E-state index >= 15 is 0 Å². The van der Waals surface area contributed by atoms with Gasteiger partial charge < -0.3 is 18.9 Å². The number of likely N-dealkylation sites (tertiary alicyclic amines) is 1. The number of hydrogen-bond acceptors (Lipinski definition) is 4. The fourth-order valence-electron chi connectivity index (χ4n) is 3.26. The van der Waals surface area contributed by atoms with E-state index in [0.29, 0.717) is 13.0 Å². The number of aldehydes is 1.